The fourth-order valence-electron chi connectivity index (χ4n) is 4.03. The molecule has 6 heteroatoms. The average Bonchev–Trinajstić information content (AvgIpc) is 2.81. The molecule has 0 aromatic rings. The van der Waals surface area contributed by atoms with Gasteiger partial charge in [0.25, 0.3) is 0 Å². The van der Waals surface area contributed by atoms with Crippen molar-refractivity contribution in [1.82, 2.24) is 4.90 Å². The lowest BCUT2D eigenvalue weighted by atomic mass is 9.80. The molecule has 1 aliphatic heterocycles. The highest BCUT2D eigenvalue weighted by molar-refractivity contribution is 14.1. The number of rotatable bonds is 12. The Bertz CT molecular complexity index is 548. The minimum absolute atomic E-state index is 0.0529. The summed E-state index contributed by atoms with van der Waals surface area (Å²) < 4.78 is 0.0529. The number of likely N-dealkylation sites (tertiary alicyclic amines) is 1. The second-order valence-corrected chi connectivity index (χ2v) is 11.4. The van der Waals surface area contributed by atoms with Crippen molar-refractivity contribution >= 4 is 50.0 Å². The second kappa shape index (κ2) is 10.6. The molecule has 156 valence electrons. The van der Waals surface area contributed by atoms with Gasteiger partial charge in [0.2, 0.25) is 11.8 Å². The highest BCUT2D eigenvalue weighted by Crippen LogP contribution is 2.40. The van der Waals surface area contributed by atoms with Gasteiger partial charge in [0, 0.05) is 45.2 Å². The van der Waals surface area contributed by atoms with Crippen LogP contribution in [0.15, 0.2) is 0 Å². The van der Waals surface area contributed by atoms with E-state index in [1.54, 1.807) is 11.8 Å². The van der Waals surface area contributed by atoms with Gasteiger partial charge in [0.05, 0.1) is 5.25 Å². The van der Waals surface area contributed by atoms with Crippen molar-refractivity contribution in [2.24, 2.45) is 5.41 Å². The van der Waals surface area contributed by atoms with E-state index in [0.29, 0.717) is 18.1 Å². The maximum Gasteiger partial charge on any atom is 0.243 e. The van der Waals surface area contributed by atoms with Gasteiger partial charge in [-0.15, -0.1) is 11.8 Å². The minimum atomic E-state index is -0.656. The molecule has 1 heterocycles. The monoisotopic (exact) mass is 509 g/mol. The number of imide groups is 1. The lowest BCUT2D eigenvalue weighted by Crippen LogP contribution is -2.51. The summed E-state index contributed by atoms with van der Waals surface area (Å²) in [6, 6.07) is 0. The molecule has 0 spiro atoms. The Morgan fingerprint density at radius 1 is 1.15 bits per heavy atom. The molecule has 0 N–H and O–H groups in total. The van der Waals surface area contributed by atoms with Crippen LogP contribution in [0.4, 0.5) is 0 Å². The summed E-state index contributed by atoms with van der Waals surface area (Å²) in [7, 11) is 0. The van der Waals surface area contributed by atoms with E-state index in [4.69, 9.17) is 0 Å². The molecule has 4 nitrogen and oxygen atoms in total. The first-order valence-electron chi connectivity index (χ1n) is 10.2. The van der Waals surface area contributed by atoms with Crippen LogP contribution in [-0.4, -0.2) is 36.5 Å². The molecule has 1 aliphatic rings. The Balaban J connectivity index is 2.85. The van der Waals surface area contributed by atoms with Gasteiger partial charge in [-0.05, 0) is 33.1 Å². The van der Waals surface area contributed by atoms with Gasteiger partial charge in [-0.25, -0.2) is 0 Å². The maximum absolute atomic E-state index is 13.1. The number of amides is 2. The van der Waals surface area contributed by atoms with Crippen LogP contribution in [0.5, 0.6) is 0 Å². The molecule has 0 radical (unpaired) electrons. The number of unbranched alkanes of at least 4 members (excludes halogenated alkanes) is 2. The highest BCUT2D eigenvalue weighted by atomic mass is 127. The van der Waals surface area contributed by atoms with Crippen LogP contribution in [0, 0.1) is 5.41 Å². The van der Waals surface area contributed by atoms with Gasteiger partial charge in [-0.3, -0.25) is 19.3 Å². The number of hydrogen-bond donors (Lipinski definition) is 0. The van der Waals surface area contributed by atoms with E-state index in [1.807, 2.05) is 50.3 Å². The zero-order chi connectivity index (χ0) is 20.8. The molecule has 1 fully saturated rings. The van der Waals surface area contributed by atoms with E-state index >= 15 is 0 Å². The molecule has 2 unspecified atom stereocenters. The summed E-state index contributed by atoms with van der Waals surface area (Å²) in [5, 5.41) is 0.173. The lowest BCUT2D eigenvalue weighted by molar-refractivity contribution is -0.146. The van der Waals surface area contributed by atoms with Crippen LogP contribution in [0.1, 0.15) is 92.9 Å². The molecule has 0 bridgehead atoms. The van der Waals surface area contributed by atoms with Crippen LogP contribution in [0.25, 0.3) is 0 Å². The SMILES string of the molecule is CCCCCC(CCC)SC1CC(=O)N(C(C)(C)CC(C)(C)C(=O)I)C1=O. The number of hydrogen-bond acceptors (Lipinski definition) is 4. The molecule has 2 atom stereocenters. The first-order chi connectivity index (χ1) is 12.5. The molecule has 0 aromatic heterocycles. The Hall–Kier alpha value is -0.110. The lowest BCUT2D eigenvalue weighted by Gasteiger charge is -2.39. The third-order valence-electron chi connectivity index (χ3n) is 5.21. The van der Waals surface area contributed by atoms with Crippen LogP contribution in [0.2, 0.25) is 0 Å². The molecular weight excluding hydrogens is 473 g/mol. The number of carbonyl (C=O) groups excluding carboxylic acids is 3. The largest absolute Gasteiger partial charge is 0.287 e. The number of thioether (sulfide) groups is 1. The topological polar surface area (TPSA) is 54.5 Å². The van der Waals surface area contributed by atoms with Crippen molar-refractivity contribution in [3.8, 4) is 0 Å². The van der Waals surface area contributed by atoms with E-state index in [2.05, 4.69) is 13.8 Å². The molecular formula is C21H36INO3S. The number of halogens is 1. The van der Waals surface area contributed by atoms with Gasteiger partial charge in [-0.1, -0.05) is 53.4 Å². The average molecular weight is 509 g/mol. The van der Waals surface area contributed by atoms with Crippen LogP contribution in [-0.2, 0) is 14.4 Å². The highest BCUT2D eigenvalue weighted by Gasteiger charge is 2.49. The van der Waals surface area contributed by atoms with E-state index < -0.39 is 11.0 Å². The van der Waals surface area contributed by atoms with Gasteiger partial charge in [0.15, 0.2) is 3.79 Å². The summed E-state index contributed by atoms with van der Waals surface area (Å²) in [5.74, 6) is -0.161. The van der Waals surface area contributed by atoms with Crippen molar-refractivity contribution in [3.05, 3.63) is 0 Å². The summed E-state index contributed by atoms with van der Waals surface area (Å²) in [6.07, 6.45) is 7.67. The van der Waals surface area contributed by atoms with Gasteiger partial charge < -0.3 is 0 Å². The maximum atomic E-state index is 13.1. The summed E-state index contributed by atoms with van der Waals surface area (Å²) in [6.45, 7) is 11.9. The van der Waals surface area contributed by atoms with Crippen molar-refractivity contribution in [2.75, 3.05) is 0 Å². The van der Waals surface area contributed by atoms with Crippen molar-refractivity contribution < 1.29 is 14.4 Å². The van der Waals surface area contributed by atoms with E-state index in [-0.39, 0.29) is 20.9 Å². The molecule has 1 saturated heterocycles. The van der Waals surface area contributed by atoms with Crippen molar-refractivity contribution in [3.63, 3.8) is 0 Å². The second-order valence-electron chi connectivity index (χ2n) is 8.95. The first-order valence-corrected chi connectivity index (χ1v) is 12.2. The van der Waals surface area contributed by atoms with Gasteiger partial charge >= 0.3 is 0 Å². The minimum Gasteiger partial charge on any atom is -0.287 e. The first kappa shape index (κ1) is 24.9. The van der Waals surface area contributed by atoms with Crippen molar-refractivity contribution in [2.45, 2.75) is 109 Å². The Kier molecular flexibility index (Phi) is 9.79. The predicted octanol–water partition coefficient (Wildman–Crippen LogP) is 5.75. The van der Waals surface area contributed by atoms with Crippen LogP contribution < -0.4 is 0 Å². The Morgan fingerprint density at radius 3 is 2.30 bits per heavy atom. The molecule has 0 saturated carbocycles. The molecule has 1 rings (SSSR count). The van der Waals surface area contributed by atoms with Crippen molar-refractivity contribution in [1.29, 1.82) is 0 Å². The number of nitrogens with zero attached hydrogens (tertiary/aromatic N) is 1. The summed E-state index contributed by atoms with van der Waals surface area (Å²) in [5.41, 5.74) is -1.23. The fourth-order valence-corrected chi connectivity index (χ4v) is 5.82. The third kappa shape index (κ3) is 7.02. The van der Waals surface area contributed by atoms with Crippen LogP contribution >= 0.6 is 34.4 Å². The van der Waals surface area contributed by atoms with Gasteiger partial charge in [0.1, 0.15) is 0 Å². The number of carbonyl (C=O) groups is 3. The zero-order valence-corrected chi connectivity index (χ0v) is 20.7. The molecule has 2 amide bonds. The molecule has 0 aromatic carbocycles. The summed E-state index contributed by atoms with van der Waals surface area (Å²) in [4.78, 5) is 39.2. The Morgan fingerprint density at radius 2 is 1.78 bits per heavy atom. The zero-order valence-electron chi connectivity index (χ0n) is 17.8. The summed E-state index contributed by atoms with van der Waals surface area (Å²) >= 11 is 3.52. The quantitative estimate of drug-likeness (QED) is 0.145. The smallest absolute Gasteiger partial charge is 0.243 e. The molecule has 0 aliphatic carbocycles. The normalized spacial score (nSPS) is 19.7. The van der Waals surface area contributed by atoms with E-state index in [1.165, 1.54) is 24.2 Å². The van der Waals surface area contributed by atoms with E-state index in [0.717, 1.165) is 19.3 Å². The third-order valence-corrected chi connectivity index (χ3v) is 8.23. The van der Waals surface area contributed by atoms with Crippen LogP contribution in [0.3, 0.4) is 0 Å². The molecule has 27 heavy (non-hydrogen) atoms. The van der Waals surface area contributed by atoms with Gasteiger partial charge in [-0.2, -0.15) is 0 Å². The Labute approximate surface area is 183 Å². The fraction of sp³-hybridized carbons (Fsp3) is 0.857. The van der Waals surface area contributed by atoms with E-state index in [9.17, 15) is 14.4 Å². The predicted molar refractivity (Wildman–Crippen MR) is 122 cm³/mol. The standard InChI is InChI=1S/C21H36INO3S/c1-7-9-10-12-15(11-8-2)27-16-13-17(24)23(18(16)25)21(5,6)14-20(3,4)19(22)26/h15-16H,7-14H2,1-6H3.